The lowest BCUT2D eigenvalue weighted by Crippen LogP contribution is -2.24. The summed E-state index contributed by atoms with van der Waals surface area (Å²) in [5, 5.41) is 11.5. The van der Waals surface area contributed by atoms with Gasteiger partial charge < -0.3 is 9.84 Å². The van der Waals surface area contributed by atoms with E-state index >= 15 is 0 Å². The van der Waals surface area contributed by atoms with Crippen LogP contribution in [0.4, 0.5) is 0 Å². The summed E-state index contributed by atoms with van der Waals surface area (Å²) in [5.41, 5.74) is 0.207. The molecule has 0 radical (unpaired) electrons. The molecular weight excluding hydrogens is 272 g/mol. The van der Waals surface area contributed by atoms with Crippen LogP contribution in [-0.2, 0) is 5.60 Å². The van der Waals surface area contributed by atoms with Crippen LogP contribution in [0.1, 0.15) is 31.4 Å². The highest BCUT2D eigenvalue weighted by molar-refractivity contribution is 6.31. The van der Waals surface area contributed by atoms with Gasteiger partial charge in [-0.15, -0.1) is 0 Å². The van der Waals surface area contributed by atoms with E-state index in [1.165, 1.54) is 0 Å². The number of hydrogen-bond acceptors (Lipinski definition) is 2. The lowest BCUT2D eigenvalue weighted by Gasteiger charge is -2.27. The van der Waals surface area contributed by atoms with Crippen molar-refractivity contribution in [3.05, 3.63) is 64.7 Å². The molecule has 0 spiro atoms. The number of benzene rings is 2. The quantitative estimate of drug-likeness (QED) is 0.885. The maximum atomic E-state index is 11.0. The molecule has 0 bridgehead atoms. The lowest BCUT2D eigenvalue weighted by molar-refractivity contribution is 0.0979. The molecule has 2 nitrogen and oxygen atoms in total. The van der Waals surface area contributed by atoms with Gasteiger partial charge in [0.15, 0.2) is 0 Å². The number of halogens is 1. The first kappa shape index (κ1) is 14.9. The molecule has 2 rings (SSSR count). The maximum absolute atomic E-state index is 11.0. The molecule has 0 saturated heterocycles. The van der Waals surface area contributed by atoms with E-state index in [2.05, 4.69) is 6.92 Å². The summed E-state index contributed by atoms with van der Waals surface area (Å²) in [7, 11) is 0. The Balaban J connectivity index is 2.46. The highest BCUT2D eigenvalue weighted by Crippen LogP contribution is 2.38. The monoisotopic (exact) mass is 290 g/mol. The molecule has 0 fully saturated rings. The zero-order valence-electron chi connectivity index (χ0n) is 11.8. The Kier molecular flexibility index (Phi) is 4.69. The first-order valence-electron chi connectivity index (χ1n) is 6.77. The van der Waals surface area contributed by atoms with Crippen LogP contribution in [0.2, 0.25) is 5.02 Å². The van der Waals surface area contributed by atoms with E-state index in [4.69, 9.17) is 16.3 Å². The Hall–Kier alpha value is -1.51. The van der Waals surface area contributed by atoms with Gasteiger partial charge in [-0.05, 0) is 25.5 Å². The minimum atomic E-state index is -1.19. The van der Waals surface area contributed by atoms with Gasteiger partial charge in [-0.25, -0.2) is 0 Å². The maximum Gasteiger partial charge on any atom is 0.125 e. The normalized spacial score (nSPS) is 13.8. The van der Waals surface area contributed by atoms with E-state index in [1.54, 1.807) is 13.0 Å². The van der Waals surface area contributed by atoms with Crippen LogP contribution >= 0.6 is 11.6 Å². The molecule has 0 aliphatic carbocycles. The average molecular weight is 291 g/mol. The Bertz CT molecular complexity index is 579. The number of aliphatic hydroxyl groups is 1. The van der Waals surface area contributed by atoms with Crippen molar-refractivity contribution in [1.29, 1.82) is 0 Å². The molecule has 1 unspecified atom stereocenters. The van der Waals surface area contributed by atoms with Crippen LogP contribution in [-0.4, -0.2) is 11.7 Å². The molecule has 1 N–H and O–H groups in total. The molecule has 106 valence electrons. The lowest BCUT2D eigenvalue weighted by atomic mass is 9.87. The van der Waals surface area contributed by atoms with Gasteiger partial charge in [-0.2, -0.15) is 0 Å². The summed E-state index contributed by atoms with van der Waals surface area (Å²) in [6.45, 7) is 4.41. The molecule has 0 amide bonds. The second kappa shape index (κ2) is 6.29. The highest BCUT2D eigenvalue weighted by atomic mass is 35.5. The van der Waals surface area contributed by atoms with Gasteiger partial charge in [-0.1, -0.05) is 54.9 Å². The van der Waals surface area contributed by atoms with Crippen LogP contribution in [0.3, 0.4) is 0 Å². The van der Waals surface area contributed by atoms with E-state index in [1.807, 2.05) is 42.5 Å². The smallest absolute Gasteiger partial charge is 0.125 e. The van der Waals surface area contributed by atoms with E-state index in [-0.39, 0.29) is 0 Å². The molecule has 20 heavy (non-hydrogen) atoms. The number of ether oxygens (including phenoxy) is 1. The Morgan fingerprint density at radius 2 is 1.65 bits per heavy atom. The Morgan fingerprint density at radius 1 is 1.05 bits per heavy atom. The molecule has 3 heteroatoms. The third-order valence-corrected chi connectivity index (χ3v) is 3.60. The van der Waals surface area contributed by atoms with Crippen molar-refractivity contribution < 1.29 is 9.84 Å². The predicted octanol–water partition coefficient (Wildman–Crippen LogP) is 4.38. The topological polar surface area (TPSA) is 29.5 Å². The van der Waals surface area contributed by atoms with Gasteiger partial charge in [0, 0.05) is 16.1 Å². The average Bonchev–Trinajstić information content (AvgIpc) is 2.45. The van der Waals surface area contributed by atoms with E-state index in [0.29, 0.717) is 22.9 Å². The van der Waals surface area contributed by atoms with Crippen LogP contribution in [0, 0.1) is 0 Å². The Morgan fingerprint density at radius 3 is 2.30 bits per heavy atom. The molecule has 0 aliphatic rings. The number of hydrogen-bond donors (Lipinski definition) is 1. The van der Waals surface area contributed by atoms with Crippen molar-refractivity contribution in [3.8, 4) is 5.75 Å². The minimum Gasteiger partial charge on any atom is -0.493 e. The van der Waals surface area contributed by atoms with Crippen molar-refractivity contribution >= 4 is 11.6 Å². The summed E-state index contributed by atoms with van der Waals surface area (Å²) in [6.07, 6.45) is 0.919. The van der Waals surface area contributed by atoms with Crippen LogP contribution in [0.15, 0.2) is 48.5 Å². The Labute approximate surface area is 125 Å². The van der Waals surface area contributed by atoms with Gasteiger partial charge in [0.05, 0.1) is 6.61 Å². The summed E-state index contributed by atoms with van der Waals surface area (Å²) in [5.74, 6) is 0.694. The fourth-order valence-electron chi connectivity index (χ4n) is 2.21. The van der Waals surface area contributed by atoms with E-state index in [0.717, 1.165) is 12.0 Å². The predicted molar refractivity (Wildman–Crippen MR) is 82.4 cm³/mol. The molecule has 1 atom stereocenters. The summed E-state index contributed by atoms with van der Waals surface area (Å²) in [6, 6.07) is 14.9. The van der Waals surface area contributed by atoms with Gasteiger partial charge in [0.2, 0.25) is 0 Å². The molecule has 0 saturated carbocycles. The van der Waals surface area contributed by atoms with Gasteiger partial charge in [-0.3, -0.25) is 0 Å². The fraction of sp³-hybridized carbons (Fsp3) is 0.294. The molecule has 0 aliphatic heterocycles. The van der Waals surface area contributed by atoms with Gasteiger partial charge in [0.25, 0.3) is 0 Å². The summed E-state index contributed by atoms with van der Waals surface area (Å²) < 4.78 is 5.73. The van der Waals surface area contributed by atoms with Crippen molar-refractivity contribution in [2.24, 2.45) is 0 Å². The zero-order valence-corrected chi connectivity index (χ0v) is 12.5. The van der Waals surface area contributed by atoms with E-state index in [9.17, 15) is 5.11 Å². The van der Waals surface area contributed by atoms with Gasteiger partial charge in [0.1, 0.15) is 11.4 Å². The summed E-state index contributed by atoms with van der Waals surface area (Å²) in [4.78, 5) is 0. The minimum absolute atomic E-state index is 0.544. The second-order valence-electron chi connectivity index (χ2n) is 4.90. The van der Waals surface area contributed by atoms with Crippen molar-refractivity contribution in [1.82, 2.24) is 0 Å². The molecular formula is C17H19ClO2. The van der Waals surface area contributed by atoms with Crippen molar-refractivity contribution in [2.45, 2.75) is 25.9 Å². The molecule has 0 aromatic heterocycles. The fourth-order valence-corrected chi connectivity index (χ4v) is 2.53. The largest absolute Gasteiger partial charge is 0.493 e. The first-order chi connectivity index (χ1) is 9.57. The molecule has 2 aromatic rings. The molecule has 0 heterocycles. The number of para-hydroxylation sites is 1. The van der Waals surface area contributed by atoms with Crippen LogP contribution < -0.4 is 4.74 Å². The van der Waals surface area contributed by atoms with Crippen molar-refractivity contribution in [3.63, 3.8) is 0 Å². The first-order valence-corrected chi connectivity index (χ1v) is 7.15. The van der Waals surface area contributed by atoms with Crippen LogP contribution in [0.25, 0.3) is 0 Å². The third-order valence-electron chi connectivity index (χ3n) is 3.27. The zero-order chi connectivity index (χ0) is 14.6. The number of rotatable bonds is 5. The van der Waals surface area contributed by atoms with Crippen molar-refractivity contribution in [2.75, 3.05) is 6.61 Å². The summed E-state index contributed by atoms with van der Waals surface area (Å²) >= 11 is 6.21. The SMILES string of the molecule is CCCOc1ccccc1C(C)(O)c1ccccc1Cl. The van der Waals surface area contributed by atoms with Gasteiger partial charge >= 0.3 is 0 Å². The van der Waals surface area contributed by atoms with E-state index < -0.39 is 5.60 Å². The van der Waals surface area contributed by atoms with Crippen LogP contribution in [0.5, 0.6) is 5.75 Å². The highest BCUT2D eigenvalue weighted by Gasteiger charge is 2.30. The second-order valence-corrected chi connectivity index (χ2v) is 5.30. The standard InChI is InChI=1S/C17H19ClO2/c1-3-12-20-16-11-7-5-9-14(16)17(2,19)13-8-4-6-10-15(13)18/h4-11,19H,3,12H2,1-2H3. The molecule has 2 aromatic carbocycles. The third kappa shape index (κ3) is 2.97.